The fourth-order valence-corrected chi connectivity index (χ4v) is 5.06. The molecule has 7 nitrogen and oxygen atoms in total. The molecule has 3 rings (SSSR count). The fourth-order valence-electron chi connectivity index (χ4n) is 2.67. The Morgan fingerprint density at radius 2 is 1.66 bits per heavy atom. The first-order valence-electron chi connectivity index (χ1n) is 9.23. The zero-order valence-corrected chi connectivity index (χ0v) is 22.3. The molecule has 0 heterocycles. The summed E-state index contributed by atoms with van der Waals surface area (Å²) >= 11 is 7.85. The Hall–Kier alpha value is -2.06. The van der Waals surface area contributed by atoms with E-state index in [2.05, 4.69) is 71.6 Å². The van der Waals surface area contributed by atoms with Crippen molar-refractivity contribution in [2.24, 2.45) is 5.10 Å². The number of non-ortho nitro benzene ring substituents is 1. The van der Waals surface area contributed by atoms with Crippen LogP contribution in [0.15, 0.2) is 70.2 Å². The minimum Gasteiger partial charge on any atom is -0.487 e. The van der Waals surface area contributed by atoms with Crippen molar-refractivity contribution in [2.45, 2.75) is 13.0 Å². The highest BCUT2D eigenvalue weighted by atomic mass is 127. The quantitative estimate of drug-likeness (QED) is 0.137. The van der Waals surface area contributed by atoms with Gasteiger partial charge in [0.15, 0.2) is 0 Å². The molecule has 0 aliphatic rings. The van der Waals surface area contributed by atoms with Crippen molar-refractivity contribution in [3.8, 4) is 5.75 Å². The third-order valence-electron chi connectivity index (χ3n) is 4.23. The summed E-state index contributed by atoms with van der Waals surface area (Å²) in [7, 11) is 0. The first-order valence-corrected chi connectivity index (χ1v) is 12.2. The van der Waals surface area contributed by atoms with Crippen molar-refractivity contribution >= 4 is 78.9 Å². The Kier molecular flexibility index (Phi) is 8.99. The van der Waals surface area contributed by atoms with E-state index in [1.54, 1.807) is 18.3 Å². The number of ether oxygens (including phenoxy) is 1. The number of hydrazone groups is 1. The lowest BCUT2D eigenvalue weighted by molar-refractivity contribution is -0.384. The van der Waals surface area contributed by atoms with Gasteiger partial charge in [0.05, 0.1) is 24.7 Å². The predicted octanol–water partition coefficient (Wildman–Crippen LogP) is 5.84. The summed E-state index contributed by atoms with van der Waals surface area (Å²) in [6.07, 6.45) is 1.64. The molecule has 0 fully saturated rings. The SMILES string of the molecule is O=C(Cc1ccc([N+](=O)[O-])cc1)N/N=C\c1cc(I)c(OCc2ccc(Br)cc2)c(I)c1. The monoisotopic (exact) mass is 719 g/mol. The molecule has 0 spiro atoms. The number of benzene rings is 3. The summed E-state index contributed by atoms with van der Waals surface area (Å²) < 4.78 is 8.89. The lowest BCUT2D eigenvalue weighted by Crippen LogP contribution is -2.19. The van der Waals surface area contributed by atoms with Gasteiger partial charge in [-0.2, -0.15) is 5.10 Å². The van der Waals surface area contributed by atoms with Gasteiger partial charge in [-0.1, -0.05) is 40.2 Å². The predicted molar refractivity (Wildman–Crippen MR) is 143 cm³/mol. The van der Waals surface area contributed by atoms with Gasteiger partial charge in [0.2, 0.25) is 5.91 Å². The van der Waals surface area contributed by atoms with Gasteiger partial charge in [-0.25, -0.2) is 5.43 Å². The molecule has 3 aromatic rings. The number of halogens is 3. The van der Waals surface area contributed by atoms with Crippen LogP contribution in [0.5, 0.6) is 5.75 Å². The van der Waals surface area contributed by atoms with E-state index >= 15 is 0 Å². The van der Waals surface area contributed by atoms with E-state index in [0.29, 0.717) is 12.2 Å². The number of nitro groups is 1. The molecule has 0 saturated carbocycles. The highest BCUT2D eigenvalue weighted by Crippen LogP contribution is 2.29. The van der Waals surface area contributed by atoms with E-state index in [0.717, 1.165) is 28.5 Å². The van der Waals surface area contributed by atoms with Gasteiger partial charge in [-0.15, -0.1) is 0 Å². The molecular weight excluding hydrogens is 704 g/mol. The zero-order chi connectivity index (χ0) is 23.1. The van der Waals surface area contributed by atoms with Crippen molar-refractivity contribution in [1.29, 1.82) is 0 Å². The smallest absolute Gasteiger partial charge is 0.269 e. The molecule has 0 saturated heterocycles. The molecule has 3 aromatic carbocycles. The second kappa shape index (κ2) is 11.7. The Bertz CT molecular complexity index is 1130. The Morgan fingerprint density at radius 3 is 2.25 bits per heavy atom. The number of hydrogen-bond acceptors (Lipinski definition) is 5. The minimum atomic E-state index is -0.478. The summed E-state index contributed by atoms with van der Waals surface area (Å²) in [5, 5.41) is 14.7. The van der Waals surface area contributed by atoms with Crippen molar-refractivity contribution in [1.82, 2.24) is 5.43 Å². The van der Waals surface area contributed by atoms with Crippen LogP contribution in [0.1, 0.15) is 16.7 Å². The van der Waals surface area contributed by atoms with E-state index in [-0.39, 0.29) is 18.0 Å². The van der Waals surface area contributed by atoms with E-state index in [9.17, 15) is 14.9 Å². The molecule has 10 heteroatoms. The summed E-state index contributed by atoms with van der Waals surface area (Å²) in [4.78, 5) is 22.3. The van der Waals surface area contributed by atoms with Crippen LogP contribution < -0.4 is 10.2 Å². The topological polar surface area (TPSA) is 93.8 Å². The first kappa shape index (κ1) is 24.6. The molecular formula is C22H16BrI2N3O4. The van der Waals surface area contributed by atoms with Crippen LogP contribution in [0.25, 0.3) is 0 Å². The number of carbonyl (C=O) groups is 1. The van der Waals surface area contributed by atoms with Crippen LogP contribution in [-0.2, 0) is 17.8 Å². The van der Waals surface area contributed by atoms with Crippen molar-refractivity contribution in [2.75, 3.05) is 0 Å². The summed E-state index contributed by atoms with van der Waals surface area (Å²) in [6, 6.07) is 17.7. The van der Waals surface area contributed by atoms with Crippen LogP contribution in [0.3, 0.4) is 0 Å². The molecule has 32 heavy (non-hydrogen) atoms. The van der Waals surface area contributed by atoms with Gasteiger partial charge in [0, 0.05) is 16.6 Å². The second-order valence-electron chi connectivity index (χ2n) is 6.62. The molecule has 0 atom stereocenters. The van der Waals surface area contributed by atoms with Crippen molar-refractivity contribution < 1.29 is 14.5 Å². The molecule has 0 aliphatic heterocycles. The average molecular weight is 720 g/mol. The second-order valence-corrected chi connectivity index (χ2v) is 9.86. The van der Waals surface area contributed by atoms with E-state index in [4.69, 9.17) is 4.74 Å². The third-order valence-corrected chi connectivity index (χ3v) is 6.36. The third kappa shape index (κ3) is 7.24. The number of nitro benzene ring substituents is 1. The molecule has 1 N–H and O–H groups in total. The number of nitrogens with zero attached hydrogens (tertiary/aromatic N) is 2. The number of hydrogen-bond donors (Lipinski definition) is 1. The summed E-state index contributed by atoms with van der Waals surface area (Å²) in [6.45, 7) is 0.464. The molecule has 1 amide bonds. The van der Waals surface area contributed by atoms with Gasteiger partial charge in [0.1, 0.15) is 12.4 Å². The van der Waals surface area contributed by atoms with Gasteiger partial charge in [-0.3, -0.25) is 14.9 Å². The normalized spacial score (nSPS) is 10.8. The fraction of sp³-hybridized carbons (Fsp3) is 0.0909. The van der Waals surface area contributed by atoms with E-state index in [1.807, 2.05) is 36.4 Å². The standard InChI is InChI=1S/C22H16BrI2N3O4/c23-17-5-1-15(2-6-17)13-32-22-19(24)9-16(10-20(22)25)12-26-27-21(29)11-14-3-7-18(8-4-14)28(30)31/h1-10,12H,11,13H2,(H,27,29)/b26-12-. The van der Waals surface area contributed by atoms with Gasteiger partial charge in [0.25, 0.3) is 5.69 Å². The number of nitrogens with one attached hydrogen (secondary N) is 1. The summed E-state index contributed by atoms with van der Waals surface area (Å²) in [5.41, 5.74) is 5.03. The lowest BCUT2D eigenvalue weighted by Gasteiger charge is -2.11. The maximum absolute atomic E-state index is 12.1. The van der Waals surface area contributed by atoms with Crippen LogP contribution in [0.4, 0.5) is 5.69 Å². The van der Waals surface area contributed by atoms with Gasteiger partial charge in [-0.05, 0) is 86.1 Å². The van der Waals surface area contributed by atoms with Gasteiger partial charge < -0.3 is 4.74 Å². The maximum Gasteiger partial charge on any atom is 0.269 e. The average Bonchev–Trinajstić information content (AvgIpc) is 2.75. The largest absolute Gasteiger partial charge is 0.487 e. The maximum atomic E-state index is 12.1. The van der Waals surface area contributed by atoms with E-state index < -0.39 is 4.92 Å². The Balaban J connectivity index is 1.56. The molecule has 0 aromatic heterocycles. The highest BCUT2D eigenvalue weighted by Gasteiger charge is 2.10. The Labute approximate surface area is 220 Å². The zero-order valence-electron chi connectivity index (χ0n) is 16.4. The number of rotatable bonds is 8. The van der Waals surface area contributed by atoms with Crippen LogP contribution in [0.2, 0.25) is 0 Å². The first-order chi connectivity index (χ1) is 15.3. The summed E-state index contributed by atoms with van der Waals surface area (Å²) in [5.74, 6) is 0.488. The highest BCUT2D eigenvalue weighted by molar-refractivity contribution is 14.1. The molecule has 0 unspecified atom stereocenters. The Morgan fingerprint density at radius 1 is 1.06 bits per heavy atom. The number of carbonyl (C=O) groups excluding carboxylic acids is 1. The van der Waals surface area contributed by atoms with Crippen LogP contribution in [0, 0.1) is 17.3 Å². The van der Waals surface area contributed by atoms with E-state index in [1.165, 1.54) is 12.1 Å². The molecule has 0 bridgehead atoms. The molecule has 0 aliphatic carbocycles. The van der Waals surface area contributed by atoms with Crippen LogP contribution >= 0.6 is 61.1 Å². The molecule has 164 valence electrons. The molecule has 0 radical (unpaired) electrons. The van der Waals surface area contributed by atoms with Crippen LogP contribution in [-0.4, -0.2) is 17.0 Å². The minimum absolute atomic E-state index is 0.0133. The van der Waals surface area contributed by atoms with Crippen molar-refractivity contribution in [3.05, 3.63) is 99.1 Å². The van der Waals surface area contributed by atoms with Crippen molar-refractivity contribution in [3.63, 3.8) is 0 Å². The van der Waals surface area contributed by atoms with Gasteiger partial charge >= 0.3 is 0 Å². The number of amides is 1. The lowest BCUT2D eigenvalue weighted by atomic mass is 10.1.